The minimum Gasteiger partial charge on any atom is -0.497 e. The summed E-state index contributed by atoms with van der Waals surface area (Å²) in [5, 5.41) is 9.76. The maximum atomic E-state index is 13.7. The number of rotatable bonds is 5. The highest BCUT2D eigenvalue weighted by Gasteiger charge is 2.12. The van der Waals surface area contributed by atoms with E-state index in [2.05, 4.69) is 15.9 Å². The van der Waals surface area contributed by atoms with Crippen molar-refractivity contribution in [3.05, 3.63) is 57.8 Å². The second-order valence-corrected chi connectivity index (χ2v) is 5.52. The second kappa shape index (κ2) is 6.91. The number of benzene rings is 2. The highest BCUT2D eigenvalue weighted by Crippen LogP contribution is 2.30. The fraction of sp³-hybridized carbons (Fsp3) is 0.250. The largest absolute Gasteiger partial charge is 0.497 e. The van der Waals surface area contributed by atoms with E-state index in [-0.39, 0.29) is 12.4 Å². The maximum absolute atomic E-state index is 13.7. The third kappa shape index (κ3) is 3.95. The summed E-state index contributed by atoms with van der Waals surface area (Å²) in [6.45, 7) is 1.71. The standard InChI is InChI=1S/C16H16BrFO3/c1-10(19)14-5-4-13(20-2)8-16(14)21-9-11-7-12(17)3-6-15(11)18/h3-8,10,19H,9H2,1-2H3/t10-/m0/s1. The monoisotopic (exact) mass is 354 g/mol. The van der Waals surface area contributed by atoms with Gasteiger partial charge in [0.25, 0.3) is 0 Å². The molecule has 0 heterocycles. The first-order valence-electron chi connectivity index (χ1n) is 6.44. The van der Waals surface area contributed by atoms with E-state index in [0.717, 1.165) is 4.47 Å². The molecule has 2 rings (SSSR count). The average Bonchev–Trinajstić information content (AvgIpc) is 2.47. The number of halogens is 2. The van der Waals surface area contributed by atoms with E-state index in [1.165, 1.54) is 6.07 Å². The van der Waals surface area contributed by atoms with Gasteiger partial charge < -0.3 is 14.6 Å². The molecule has 0 aliphatic rings. The van der Waals surface area contributed by atoms with Gasteiger partial charge in [-0.2, -0.15) is 0 Å². The van der Waals surface area contributed by atoms with Crippen molar-refractivity contribution in [2.24, 2.45) is 0 Å². The molecule has 2 aromatic carbocycles. The van der Waals surface area contributed by atoms with E-state index in [0.29, 0.717) is 22.6 Å². The van der Waals surface area contributed by atoms with Crippen molar-refractivity contribution in [1.82, 2.24) is 0 Å². The van der Waals surface area contributed by atoms with E-state index in [4.69, 9.17) is 9.47 Å². The molecule has 1 atom stereocenters. The molecule has 0 bridgehead atoms. The third-order valence-corrected chi connectivity index (χ3v) is 3.56. The Hall–Kier alpha value is -1.59. The summed E-state index contributed by atoms with van der Waals surface area (Å²) in [7, 11) is 1.55. The van der Waals surface area contributed by atoms with Crippen LogP contribution in [0.1, 0.15) is 24.2 Å². The van der Waals surface area contributed by atoms with Gasteiger partial charge in [0.15, 0.2) is 0 Å². The van der Waals surface area contributed by atoms with Gasteiger partial charge in [0.2, 0.25) is 0 Å². The molecular weight excluding hydrogens is 339 g/mol. The predicted octanol–water partition coefficient (Wildman–Crippen LogP) is 4.23. The van der Waals surface area contributed by atoms with Crippen molar-refractivity contribution < 1.29 is 19.0 Å². The Morgan fingerprint density at radius 3 is 2.67 bits per heavy atom. The van der Waals surface area contributed by atoms with E-state index < -0.39 is 6.10 Å². The van der Waals surface area contributed by atoms with Crippen molar-refractivity contribution in [2.75, 3.05) is 7.11 Å². The summed E-state index contributed by atoms with van der Waals surface area (Å²) < 4.78 is 25.3. The number of methoxy groups -OCH3 is 1. The SMILES string of the molecule is COc1ccc([C@H](C)O)c(OCc2cc(Br)ccc2F)c1. The lowest BCUT2D eigenvalue weighted by atomic mass is 10.1. The van der Waals surface area contributed by atoms with Crippen LogP contribution in [0.2, 0.25) is 0 Å². The molecule has 0 fully saturated rings. The molecule has 0 saturated carbocycles. The molecule has 0 aliphatic heterocycles. The van der Waals surface area contributed by atoms with Gasteiger partial charge in [-0.1, -0.05) is 15.9 Å². The number of ether oxygens (including phenoxy) is 2. The lowest BCUT2D eigenvalue weighted by Gasteiger charge is -2.15. The minimum atomic E-state index is -0.682. The molecule has 0 spiro atoms. The fourth-order valence-electron chi connectivity index (χ4n) is 1.92. The summed E-state index contributed by atoms with van der Waals surface area (Å²) >= 11 is 3.30. The topological polar surface area (TPSA) is 38.7 Å². The Labute approximate surface area is 131 Å². The van der Waals surface area contributed by atoms with E-state index in [1.54, 1.807) is 44.4 Å². The number of hydrogen-bond donors (Lipinski definition) is 1. The fourth-order valence-corrected chi connectivity index (χ4v) is 2.33. The first kappa shape index (κ1) is 15.8. The first-order chi connectivity index (χ1) is 10.0. The Bertz CT molecular complexity index is 629. The third-order valence-electron chi connectivity index (χ3n) is 3.06. The molecule has 0 amide bonds. The number of hydrogen-bond acceptors (Lipinski definition) is 3. The van der Waals surface area contributed by atoms with Crippen LogP contribution in [0, 0.1) is 5.82 Å². The molecule has 21 heavy (non-hydrogen) atoms. The minimum absolute atomic E-state index is 0.0676. The van der Waals surface area contributed by atoms with E-state index in [1.807, 2.05) is 0 Å². The van der Waals surface area contributed by atoms with Crippen LogP contribution in [-0.4, -0.2) is 12.2 Å². The summed E-state index contributed by atoms with van der Waals surface area (Å²) in [5.41, 5.74) is 1.06. The molecule has 3 nitrogen and oxygen atoms in total. The van der Waals surface area contributed by atoms with E-state index in [9.17, 15) is 9.50 Å². The summed E-state index contributed by atoms with van der Waals surface area (Å²) in [5.74, 6) is 0.757. The van der Waals surface area contributed by atoms with Gasteiger partial charge in [0.1, 0.15) is 23.9 Å². The van der Waals surface area contributed by atoms with Gasteiger partial charge in [-0.3, -0.25) is 0 Å². The van der Waals surface area contributed by atoms with Crippen molar-refractivity contribution in [3.8, 4) is 11.5 Å². The number of aliphatic hydroxyl groups excluding tert-OH is 1. The lowest BCUT2D eigenvalue weighted by Crippen LogP contribution is -2.03. The zero-order valence-corrected chi connectivity index (χ0v) is 13.4. The van der Waals surface area contributed by atoms with Crippen LogP contribution in [0.15, 0.2) is 40.9 Å². The molecule has 112 valence electrons. The first-order valence-corrected chi connectivity index (χ1v) is 7.23. The Morgan fingerprint density at radius 1 is 1.24 bits per heavy atom. The van der Waals surface area contributed by atoms with Gasteiger partial charge in [-0.25, -0.2) is 4.39 Å². The number of aliphatic hydroxyl groups is 1. The van der Waals surface area contributed by atoms with Crippen LogP contribution in [0.3, 0.4) is 0 Å². The molecule has 5 heteroatoms. The van der Waals surface area contributed by atoms with Crippen LogP contribution in [0.25, 0.3) is 0 Å². The zero-order chi connectivity index (χ0) is 15.4. The van der Waals surface area contributed by atoms with Crippen LogP contribution >= 0.6 is 15.9 Å². The van der Waals surface area contributed by atoms with Gasteiger partial charge in [0.05, 0.1) is 13.2 Å². The molecule has 0 unspecified atom stereocenters. The van der Waals surface area contributed by atoms with Crippen molar-refractivity contribution in [1.29, 1.82) is 0 Å². The van der Waals surface area contributed by atoms with Crippen molar-refractivity contribution >= 4 is 15.9 Å². The smallest absolute Gasteiger partial charge is 0.129 e. The van der Waals surface area contributed by atoms with Crippen LogP contribution in [-0.2, 0) is 6.61 Å². The summed E-state index contributed by atoms with van der Waals surface area (Å²) in [6.07, 6.45) is -0.682. The average molecular weight is 355 g/mol. The second-order valence-electron chi connectivity index (χ2n) is 4.60. The highest BCUT2D eigenvalue weighted by molar-refractivity contribution is 9.10. The van der Waals surface area contributed by atoms with Crippen molar-refractivity contribution in [3.63, 3.8) is 0 Å². The Kier molecular flexibility index (Phi) is 5.20. The normalized spacial score (nSPS) is 12.0. The van der Waals surface area contributed by atoms with Crippen LogP contribution in [0.5, 0.6) is 11.5 Å². The Morgan fingerprint density at radius 2 is 2.00 bits per heavy atom. The molecule has 0 radical (unpaired) electrons. The quantitative estimate of drug-likeness (QED) is 0.873. The van der Waals surface area contributed by atoms with E-state index >= 15 is 0 Å². The van der Waals surface area contributed by atoms with Crippen LogP contribution in [0.4, 0.5) is 4.39 Å². The van der Waals surface area contributed by atoms with Crippen molar-refractivity contribution in [2.45, 2.75) is 19.6 Å². The summed E-state index contributed by atoms with van der Waals surface area (Å²) in [6, 6.07) is 9.83. The molecule has 0 aromatic heterocycles. The Balaban J connectivity index is 2.24. The van der Waals surface area contributed by atoms with Gasteiger partial charge >= 0.3 is 0 Å². The lowest BCUT2D eigenvalue weighted by molar-refractivity contribution is 0.189. The van der Waals surface area contributed by atoms with Gasteiger partial charge in [0, 0.05) is 21.7 Å². The predicted molar refractivity (Wildman–Crippen MR) is 82.1 cm³/mol. The van der Waals surface area contributed by atoms with Gasteiger partial charge in [-0.15, -0.1) is 0 Å². The highest BCUT2D eigenvalue weighted by atomic mass is 79.9. The summed E-state index contributed by atoms with van der Waals surface area (Å²) in [4.78, 5) is 0. The molecular formula is C16H16BrFO3. The molecule has 0 aliphatic carbocycles. The zero-order valence-electron chi connectivity index (χ0n) is 11.8. The van der Waals surface area contributed by atoms with Gasteiger partial charge in [-0.05, 0) is 37.3 Å². The maximum Gasteiger partial charge on any atom is 0.129 e. The molecule has 1 N–H and O–H groups in total. The molecule has 2 aromatic rings. The molecule has 0 saturated heterocycles. The van der Waals surface area contributed by atoms with Crippen LogP contribution < -0.4 is 9.47 Å².